The van der Waals surface area contributed by atoms with Crippen LogP contribution in [0.5, 0.6) is 5.75 Å². The van der Waals surface area contributed by atoms with Crippen molar-refractivity contribution in [2.45, 2.75) is 6.92 Å². The van der Waals surface area contributed by atoms with E-state index in [2.05, 4.69) is 4.74 Å². The smallest absolute Gasteiger partial charge is 0.343 e. The Hall–Kier alpha value is -1.78. The van der Waals surface area contributed by atoms with Gasteiger partial charge in [-0.15, -0.1) is 0 Å². The minimum Gasteiger partial charge on any atom is -0.504 e. The zero-order valence-electron chi connectivity index (χ0n) is 7.80. The highest BCUT2D eigenvalue weighted by molar-refractivity contribution is 5.98. The quantitative estimate of drug-likeness (QED) is 0.526. The number of hydrogen-bond donors (Lipinski definition) is 2. The molecule has 0 amide bonds. The number of nitrogens with two attached hydrogens (primary N) is 1. The van der Waals surface area contributed by atoms with Crippen molar-refractivity contribution >= 4 is 11.7 Å². The predicted molar refractivity (Wildman–Crippen MR) is 48.6 cm³/mol. The van der Waals surface area contributed by atoms with E-state index in [1.54, 1.807) is 0 Å². The molecule has 0 aliphatic heterocycles. The molecule has 0 aliphatic carbocycles. The van der Waals surface area contributed by atoms with Crippen molar-refractivity contribution in [2.75, 3.05) is 12.8 Å². The molecule has 3 N–H and O–H groups in total. The minimum absolute atomic E-state index is 0.0238. The van der Waals surface area contributed by atoms with E-state index in [9.17, 15) is 14.3 Å². The molecule has 4 nitrogen and oxygen atoms in total. The van der Waals surface area contributed by atoms with Gasteiger partial charge in [0.25, 0.3) is 0 Å². The summed E-state index contributed by atoms with van der Waals surface area (Å²) in [7, 11) is 1.13. The number of carbonyl (C=O) groups is 1. The third kappa shape index (κ3) is 1.48. The molecule has 1 rings (SSSR count). The van der Waals surface area contributed by atoms with E-state index in [0.717, 1.165) is 13.2 Å². The fraction of sp³-hybridized carbons (Fsp3) is 0.222. The second-order valence-corrected chi connectivity index (χ2v) is 2.80. The van der Waals surface area contributed by atoms with Crippen LogP contribution in [0.15, 0.2) is 6.07 Å². The summed E-state index contributed by atoms with van der Waals surface area (Å²) in [6.07, 6.45) is 0. The van der Waals surface area contributed by atoms with E-state index >= 15 is 0 Å². The van der Waals surface area contributed by atoms with Crippen LogP contribution >= 0.6 is 0 Å². The summed E-state index contributed by atoms with van der Waals surface area (Å²) in [5.74, 6) is -2.53. The molecule has 1 aromatic carbocycles. The van der Waals surface area contributed by atoms with Gasteiger partial charge in [-0.25, -0.2) is 9.18 Å². The molecular formula is C9H10FNO3. The van der Waals surface area contributed by atoms with Crippen molar-refractivity contribution in [1.29, 1.82) is 0 Å². The molecule has 0 aromatic heterocycles. The molecule has 0 fully saturated rings. The molecule has 1 aromatic rings. The van der Waals surface area contributed by atoms with Gasteiger partial charge in [0.15, 0.2) is 11.6 Å². The van der Waals surface area contributed by atoms with E-state index in [0.29, 0.717) is 5.56 Å². The maximum atomic E-state index is 13.0. The van der Waals surface area contributed by atoms with Gasteiger partial charge in [0, 0.05) is 0 Å². The second-order valence-electron chi connectivity index (χ2n) is 2.80. The van der Waals surface area contributed by atoms with Crippen LogP contribution in [-0.2, 0) is 4.74 Å². The Bertz CT molecular complexity index is 364. The Morgan fingerprint density at radius 2 is 2.21 bits per heavy atom. The molecule has 0 heterocycles. The van der Waals surface area contributed by atoms with Gasteiger partial charge < -0.3 is 15.6 Å². The number of benzene rings is 1. The zero-order chi connectivity index (χ0) is 10.9. The number of halogens is 1. The molecule has 0 saturated heterocycles. The van der Waals surface area contributed by atoms with Crippen LogP contribution in [-0.4, -0.2) is 18.2 Å². The van der Waals surface area contributed by atoms with Crippen molar-refractivity contribution in [3.8, 4) is 5.75 Å². The van der Waals surface area contributed by atoms with Gasteiger partial charge in [-0.3, -0.25) is 0 Å². The third-order valence-corrected chi connectivity index (χ3v) is 1.89. The summed E-state index contributed by atoms with van der Waals surface area (Å²) in [6.45, 7) is 1.53. The van der Waals surface area contributed by atoms with E-state index < -0.39 is 17.5 Å². The highest BCUT2D eigenvalue weighted by Crippen LogP contribution is 2.30. The largest absolute Gasteiger partial charge is 0.504 e. The van der Waals surface area contributed by atoms with Crippen LogP contribution in [0.25, 0.3) is 0 Å². The SMILES string of the molecule is COC(=O)c1c(N)c(C)cc(F)c1O. The number of nitrogen functional groups attached to an aromatic ring is 1. The first-order valence-corrected chi connectivity index (χ1v) is 3.85. The van der Waals surface area contributed by atoms with Crippen molar-refractivity contribution < 1.29 is 19.0 Å². The summed E-state index contributed by atoms with van der Waals surface area (Å²) in [5, 5.41) is 9.25. The lowest BCUT2D eigenvalue weighted by Gasteiger charge is -2.09. The third-order valence-electron chi connectivity index (χ3n) is 1.89. The second kappa shape index (κ2) is 3.53. The van der Waals surface area contributed by atoms with Gasteiger partial charge in [0.2, 0.25) is 0 Å². The predicted octanol–water partition coefficient (Wildman–Crippen LogP) is 1.21. The van der Waals surface area contributed by atoms with Crippen molar-refractivity contribution in [3.05, 3.63) is 23.0 Å². The topological polar surface area (TPSA) is 72.5 Å². The lowest BCUT2D eigenvalue weighted by atomic mass is 10.1. The number of methoxy groups -OCH3 is 1. The Morgan fingerprint density at radius 1 is 1.64 bits per heavy atom. The number of aryl methyl sites for hydroxylation is 1. The number of ether oxygens (including phenoxy) is 1. The van der Waals surface area contributed by atoms with Gasteiger partial charge in [-0.2, -0.15) is 0 Å². The zero-order valence-corrected chi connectivity index (χ0v) is 7.80. The average molecular weight is 199 g/mol. The molecule has 14 heavy (non-hydrogen) atoms. The van der Waals surface area contributed by atoms with Gasteiger partial charge in [0.05, 0.1) is 12.8 Å². The normalized spacial score (nSPS) is 9.93. The minimum atomic E-state index is -0.892. The number of esters is 1. The number of rotatable bonds is 1. The van der Waals surface area contributed by atoms with E-state index in [1.807, 2.05) is 0 Å². The lowest BCUT2D eigenvalue weighted by Crippen LogP contribution is -2.08. The summed E-state index contributed by atoms with van der Waals surface area (Å²) in [6, 6.07) is 1.05. The van der Waals surface area contributed by atoms with Crippen LogP contribution in [0.4, 0.5) is 10.1 Å². The molecule has 5 heteroatoms. The van der Waals surface area contributed by atoms with E-state index in [1.165, 1.54) is 6.92 Å². The van der Waals surface area contributed by atoms with Crippen LogP contribution in [0.3, 0.4) is 0 Å². The van der Waals surface area contributed by atoms with Crippen LogP contribution in [0.2, 0.25) is 0 Å². The monoisotopic (exact) mass is 199 g/mol. The first kappa shape index (κ1) is 10.3. The van der Waals surface area contributed by atoms with E-state index in [-0.39, 0.29) is 11.3 Å². The number of aromatic hydroxyl groups is 1. The van der Waals surface area contributed by atoms with Gasteiger partial charge in [0.1, 0.15) is 5.56 Å². The maximum Gasteiger partial charge on any atom is 0.343 e. The summed E-state index contributed by atoms with van der Waals surface area (Å²) >= 11 is 0. The summed E-state index contributed by atoms with van der Waals surface area (Å²) in [4.78, 5) is 11.1. The number of anilines is 1. The first-order valence-electron chi connectivity index (χ1n) is 3.85. The van der Waals surface area contributed by atoms with E-state index in [4.69, 9.17) is 5.73 Å². The number of phenolic OH excluding ortho intramolecular Hbond substituents is 1. The molecule has 0 bridgehead atoms. The number of carbonyl (C=O) groups excluding carboxylic acids is 1. The van der Waals surface area contributed by atoms with Crippen LogP contribution in [0.1, 0.15) is 15.9 Å². The van der Waals surface area contributed by atoms with Gasteiger partial charge >= 0.3 is 5.97 Å². The fourth-order valence-electron chi connectivity index (χ4n) is 1.09. The summed E-state index contributed by atoms with van der Waals surface area (Å²) < 4.78 is 17.4. The Morgan fingerprint density at radius 3 is 2.71 bits per heavy atom. The van der Waals surface area contributed by atoms with Crippen molar-refractivity contribution in [3.63, 3.8) is 0 Å². The Balaban J connectivity index is 3.47. The van der Waals surface area contributed by atoms with Crippen molar-refractivity contribution in [2.24, 2.45) is 0 Å². The lowest BCUT2D eigenvalue weighted by molar-refractivity contribution is 0.0597. The summed E-state index contributed by atoms with van der Waals surface area (Å²) in [5.41, 5.74) is 5.57. The highest BCUT2D eigenvalue weighted by Gasteiger charge is 2.20. The molecule has 0 spiro atoms. The fourth-order valence-corrected chi connectivity index (χ4v) is 1.09. The Kier molecular flexibility index (Phi) is 2.60. The highest BCUT2D eigenvalue weighted by atomic mass is 19.1. The first-order chi connectivity index (χ1) is 6.49. The van der Waals surface area contributed by atoms with Crippen molar-refractivity contribution in [1.82, 2.24) is 0 Å². The van der Waals surface area contributed by atoms with Gasteiger partial charge in [-0.05, 0) is 18.6 Å². The number of hydrogen-bond acceptors (Lipinski definition) is 4. The average Bonchev–Trinajstić information content (AvgIpc) is 2.15. The molecule has 0 aliphatic rings. The molecule has 0 unspecified atom stereocenters. The molecule has 76 valence electrons. The number of phenols is 1. The molecule has 0 atom stereocenters. The Labute approximate surface area is 80.1 Å². The van der Waals surface area contributed by atoms with Crippen LogP contribution in [0, 0.1) is 12.7 Å². The van der Waals surface area contributed by atoms with Crippen LogP contribution < -0.4 is 5.73 Å². The molecular weight excluding hydrogens is 189 g/mol. The van der Waals surface area contributed by atoms with Gasteiger partial charge in [-0.1, -0.05) is 0 Å². The standard InChI is InChI=1S/C9H10FNO3/c1-4-3-5(10)8(12)6(7(4)11)9(13)14-2/h3,12H,11H2,1-2H3. The maximum absolute atomic E-state index is 13.0. The molecule has 0 saturated carbocycles. The molecule has 0 radical (unpaired) electrons.